The van der Waals surface area contributed by atoms with Gasteiger partial charge in [-0.05, 0) is 68.1 Å². The molecule has 1 atom stereocenters. The minimum absolute atomic E-state index is 0.118. The molecule has 2 fully saturated rings. The van der Waals surface area contributed by atoms with Gasteiger partial charge in [-0.2, -0.15) is 0 Å². The Labute approximate surface area is 181 Å². The van der Waals surface area contributed by atoms with E-state index in [0.29, 0.717) is 6.54 Å². The predicted molar refractivity (Wildman–Crippen MR) is 118 cm³/mol. The molecule has 2 aromatic heterocycles. The molecule has 1 saturated heterocycles. The number of nitrogens with one attached hydrogen (secondary N) is 1. The Balaban J connectivity index is 1.12. The molecule has 1 N–H and O–H groups in total. The van der Waals surface area contributed by atoms with E-state index in [9.17, 15) is 9.59 Å². The largest absolute Gasteiger partial charge is 0.355 e. The van der Waals surface area contributed by atoms with E-state index in [1.54, 1.807) is 17.5 Å². The SMILES string of the molecule is O=C(NCCc1ccccn1)C1CC12CCN(C(=O)c1csc3c1CCCC3)CC2. The Hall–Kier alpha value is -2.21. The number of pyridine rings is 1. The van der Waals surface area contributed by atoms with E-state index in [0.717, 1.165) is 62.9 Å². The van der Waals surface area contributed by atoms with Crippen molar-refractivity contribution in [3.05, 3.63) is 51.5 Å². The number of carbonyl (C=O) groups is 2. The normalized spacial score (nSPS) is 21.9. The van der Waals surface area contributed by atoms with Crippen molar-refractivity contribution in [2.75, 3.05) is 19.6 Å². The van der Waals surface area contributed by atoms with Gasteiger partial charge >= 0.3 is 0 Å². The second-order valence-electron chi connectivity index (χ2n) is 9.03. The van der Waals surface area contributed by atoms with Crippen molar-refractivity contribution in [2.24, 2.45) is 11.3 Å². The van der Waals surface area contributed by atoms with Crippen molar-refractivity contribution in [1.29, 1.82) is 0 Å². The summed E-state index contributed by atoms with van der Waals surface area (Å²) in [6.45, 7) is 2.19. The average molecular weight is 424 g/mol. The maximum atomic E-state index is 13.1. The molecule has 3 heterocycles. The summed E-state index contributed by atoms with van der Waals surface area (Å²) in [5.41, 5.74) is 3.39. The molecule has 0 radical (unpaired) electrons. The van der Waals surface area contributed by atoms with Crippen LogP contribution in [0, 0.1) is 11.3 Å². The summed E-state index contributed by atoms with van der Waals surface area (Å²) in [6.07, 6.45) is 10.0. The minimum atomic E-state index is 0.118. The summed E-state index contributed by atoms with van der Waals surface area (Å²) in [5.74, 6) is 0.506. The van der Waals surface area contributed by atoms with Crippen LogP contribution in [0.1, 0.15) is 58.6 Å². The molecule has 158 valence electrons. The van der Waals surface area contributed by atoms with Gasteiger partial charge in [-0.25, -0.2) is 0 Å². The molecule has 0 aromatic carbocycles. The van der Waals surface area contributed by atoms with Gasteiger partial charge in [0.2, 0.25) is 5.91 Å². The standard InChI is InChI=1S/C24H29N3O2S/c28-22(26-12-8-17-5-3-4-11-25-17)20-15-24(20)9-13-27(14-10-24)23(29)19-16-30-21-7-2-1-6-18(19)21/h3-5,11,16,20H,1-2,6-10,12-15H2,(H,26,28). The number of thiophene rings is 1. The van der Waals surface area contributed by atoms with Crippen LogP contribution in [-0.2, 0) is 24.1 Å². The third-order valence-electron chi connectivity index (χ3n) is 7.25. The van der Waals surface area contributed by atoms with Gasteiger partial charge in [-0.15, -0.1) is 11.3 Å². The number of aromatic nitrogens is 1. The topological polar surface area (TPSA) is 62.3 Å². The Morgan fingerprint density at radius 1 is 1.20 bits per heavy atom. The number of rotatable bonds is 5. The fraction of sp³-hybridized carbons (Fsp3) is 0.542. The first-order chi connectivity index (χ1) is 14.7. The molecule has 5 nitrogen and oxygen atoms in total. The van der Waals surface area contributed by atoms with Gasteiger partial charge in [0.25, 0.3) is 5.91 Å². The number of piperidine rings is 1. The first-order valence-corrected chi connectivity index (χ1v) is 12.1. The molecule has 3 aliphatic rings. The Morgan fingerprint density at radius 2 is 2.03 bits per heavy atom. The van der Waals surface area contributed by atoms with E-state index in [2.05, 4.69) is 15.7 Å². The highest BCUT2D eigenvalue weighted by atomic mass is 32.1. The van der Waals surface area contributed by atoms with Gasteiger partial charge in [-0.3, -0.25) is 14.6 Å². The van der Waals surface area contributed by atoms with Crippen LogP contribution in [0.2, 0.25) is 0 Å². The molecule has 30 heavy (non-hydrogen) atoms. The lowest BCUT2D eigenvalue weighted by atomic mass is 9.89. The van der Waals surface area contributed by atoms with Crippen LogP contribution < -0.4 is 5.32 Å². The summed E-state index contributed by atoms with van der Waals surface area (Å²) < 4.78 is 0. The summed E-state index contributed by atoms with van der Waals surface area (Å²) in [7, 11) is 0. The highest BCUT2D eigenvalue weighted by molar-refractivity contribution is 7.10. The van der Waals surface area contributed by atoms with Gasteiger partial charge in [0, 0.05) is 54.1 Å². The van der Waals surface area contributed by atoms with Crippen LogP contribution in [0.3, 0.4) is 0 Å². The molecule has 5 rings (SSSR count). The number of carbonyl (C=O) groups excluding carboxylic acids is 2. The second-order valence-corrected chi connectivity index (χ2v) is 10.00. The molecule has 1 aliphatic heterocycles. The van der Waals surface area contributed by atoms with Gasteiger partial charge in [-0.1, -0.05) is 6.07 Å². The van der Waals surface area contributed by atoms with Gasteiger partial charge in [0.15, 0.2) is 0 Å². The van der Waals surface area contributed by atoms with Gasteiger partial charge in [0.1, 0.15) is 0 Å². The number of hydrogen-bond acceptors (Lipinski definition) is 4. The van der Waals surface area contributed by atoms with Crippen molar-refractivity contribution in [1.82, 2.24) is 15.2 Å². The molecule has 1 unspecified atom stereocenters. The zero-order valence-electron chi connectivity index (χ0n) is 17.4. The van der Waals surface area contributed by atoms with E-state index in [1.165, 1.54) is 23.3 Å². The van der Waals surface area contributed by atoms with E-state index >= 15 is 0 Å². The highest BCUT2D eigenvalue weighted by Gasteiger charge is 2.58. The van der Waals surface area contributed by atoms with Crippen LogP contribution in [-0.4, -0.2) is 41.3 Å². The van der Waals surface area contributed by atoms with Crippen LogP contribution in [0.4, 0.5) is 0 Å². The molecule has 2 amide bonds. The number of amides is 2. The van der Waals surface area contributed by atoms with Crippen molar-refractivity contribution < 1.29 is 9.59 Å². The summed E-state index contributed by atoms with van der Waals surface area (Å²) in [6, 6.07) is 5.86. The Bertz CT molecular complexity index is 931. The molecule has 1 spiro atoms. The Kier molecular flexibility index (Phi) is 5.35. The zero-order valence-corrected chi connectivity index (χ0v) is 18.2. The average Bonchev–Trinajstić information content (AvgIpc) is 3.31. The summed E-state index contributed by atoms with van der Waals surface area (Å²) in [5, 5.41) is 5.18. The zero-order chi connectivity index (χ0) is 20.6. The number of fused-ring (bicyclic) bond motifs is 1. The van der Waals surface area contributed by atoms with Crippen molar-refractivity contribution >= 4 is 23.2 Å². The molecule has 2 aliphatic carbocycles. The fourth-order valence-electron chi connectivity index (χ4n) is 5.25. The van der Waals surface area contributed by atoms with Crippen LogP contribution in [0.25, 0.3) is 0 Å². The maximum Gasteiger partial charge on any atom is 0.254 e. The van der Waals surface area contributed by atoms with Crippen LogP contribution >= 0.6 is 11.3 Å². The molecular formula is C24H29N3O2S. The number of hydrogen-bond donors (Lipinski definition) is 1. The maximum absolute atomic E-state index is 13.1. The van der Waals surface area contributed by atoms with Crippen molar-refractivity contribution in [2.45, 2.75) is 51.4 Å². The highest BCUT2D eigenvalue weighted by Crippen LogP contribution is 2.59. The molecule has 6 heteroatoms. The fourth-order valence-corrected chi connectivity index (χ4v) is 6.37. The lowest BCUT2D eigenvalue weighted by Crippen LogP contribution is -2.41. The van der Waals surface area contributed by atoms with E-state index < -0.39 is 0 Å². The molecular weight excluding hydrogens is 394 g/mol. The van der Waals surface area contributed by atoms with Gasteiger partial charge < -0.3 is 10.2 Å². The predicted octanol–water partition coefficient (Wildman–Crippen LogP) is 3.62. The Morgan fingerprint density at radius 3 is 2.83 bits per heavy atom. The number of aryl methyl sites for hydroxylation is 1. The first kappa shape index (κ1) is 19.7. The van der Waals surface area contributed by atoms with Crippen molar-refractivity contribution in [3.63, 3.8) is 0 Å². The number of nitrogens with zero attached hydrogens (tertiary/aromatic N) is 2. The van der Waals surface area contributed by atoms with E-state index in [1.807, 2.05) is 23.1 Å². The third kappa shape index (κ3) is 3.78. The first-order valence-electron chi connectivity index (χ1n) is 11.2. The second kappa shape index (κ2) is 8.14. The lowest BCUT2D eigenvalue weighted by Gasteiger charge is -2.33. The van der Waals surface area contributed by atoms with Gasteiger partial charge in [0.05, 0.1) is 5.56 Å². The van der Waals surface area contributed by atoms with E-state index in [4.69, 9.17) is 0 Å². The summed E-state index contributed by atoms with van der Waals surface area (Å²) in [4.78, 5) is 33.5. The molecule has 0 bridgehead atoms. The monoisotopic (exact) mass is 423 g/mol. The van der Waals surface area contributed by atoms with E-state index in [-0.39, 0.29) is 23.1 Å². The smallest absolute Gasteiger partial charge is 0.254 e. The molecule has 1 saturated carbocycles. The third-order valence-corrected chi connectivity index (χ3v) is 8.34. The number of likely N-dealkylation sites (tertiary alicyclic amines) is 1. The van der Waals surface area contributed by atoms with Crippen LogP contribution in [0.15, 0.2) is 29.8 Å². The molecule has 2 aromatic rings. The minimum Gasteiger partial charge on any atom is -0.355 e. The summed E-state index contributed by atoms with van der Waals surface area (Å²) >= 11 is 1.76. The quantitative estimate of drug-likeness (QED) is 0.799. The van der Waals surface area contributed by atoms with Crippen LogP contribution in [0.5, 0.6) is 0 Å². The van der Waals surface area contributed by atoms with Crippen molar-refractivity contribution in [3.8, 4) is 0 Å². The lowest BCUT2D eigenvalue weighted by molar-refractivity contribution is -0.123.